The number of carboxylic acid groups (broad SMARTS) is 1. The van der Waals surface area contributed by atoms with Crippen LogP contribution in [0.25, 0.3) is 11.3 Å². The highest BCUT2D eigenvalue weighted by atomic mass is 79.9. The zero-order valence-electron chi connectivity index (χ0n) is 16.9. The number of nitrogens with one attached hydrogen (secondary N) is 2. The summed E-state index contributed by atoms with van der Waals surface area (Å²) >= 11 is 3.18. The van der Waals surface area contributed by atoms with Crippen LogP contribution in [0.1, 0.15) is 38.6 Å². The molecule has 0 saturated carbocycles. The molecular weight excluding hydrogens is 478 g/mol. The Labute approximate surface area is 186 Å². The molecule has 3 N–H and O–H groups in total. The van der Waals surface area contributed by atoms with E-state index in [4.69, 9.17) is 5.11 Å². The zero-order valence-corrected chi connectivity index (χ0v) is 18.5. The van der Waals surface area contributed by atoms with Gasteiger partial charge in [-0.25, -0.2) is 9.78 Å². The summed E-state index contributed by atoms with van der Waals surface area (Å²) in [5.41, 5.74) is 1.19. The van der Waals surface area contributed by atoms with Crippen molar-refractivity contribution in [2.24, 2.45) is 5.92 Å². The molecule has 2 heterocycles. The maximum absolute atomic E-state index is 13.0. The summed E-state index contributed by atoms with van der Waals surface area (Å²) in [7, 11) is 0. The van der Waals surface area contributed by atoms with Crippen molar-refractivity contribution in [2.45, 2.75) is 45.4 Å². The van der Waals surface area contributed by atoms with Gasteiger partial charge in [0.15, 0.2) is 0 Å². The smallest absolute Gasteiger partial charge is 0.405 e. The molecule has 168 valence electrons. The fourth-order valence-electron chi connectivity index (χ4n) is 3.65. The monoisotopic (exact) mass is 500 g/mol. The Kier molecular flexibility index (Phi) is 7.14. The van der Waals surface area contributed by atoms with Crippen molar-refractivity contribution < 1.29 is 28.2 Å². The fourth-order valence-corrected chi connectivity index (χ4v) is 3.99. The molecule has 1 aromatic carbocycles. The quantitative estimate of drug-likeness (QED) is 0.522. The molecule has 0 spiro atoms. The molecule has 1 aromatic heterocycles. The van der Waals surface area contributed by atoms with Crippen molar-refractivity contribution >= 4 is 27.9 Å². The lowest BCUT2D eigenvalue weighted by Gasteiger charge is -2.29. The minimum absolute atomic E-state index is 0.000779. The van der Waals surface area contributed by atoms with E-state index in [9.17, 15) is 18.4 Å². The lowest BCUT2D eigenvalue weighted by atomic mass is 10.0. The van der Waals surface area contributed by atoms with Crippen molar-refractivity contribution in [3.8, 4) is 17.0 Å². The number of amides is 2. The van der Waals surface area contributed by atoms with Gasteiger partial charge in [-0.15, -0.1) is 0 Å². The number of rotatable bonds is 7. The average Bonchev–Trinajstić information content (AvgIpc) is 3.35. The lowest BCUT2D eigenvalue weighted by molar-refractivity contribution is -0.135. The van der Waals surface area contributed by atoms with Crippen LogP contribution >= 0.6 is 15.9 Å². The number of aromatic nitrogens is 2. The first-order valence-corrected chi connectivity index (χ1v) is 10.6. The Morgan fingerprint density at radius 2 is 2.13 bits per heavy atom. The van der Waals surface area contributed by atoms with E-state index in [1.807, 2.05) is 0 Å². The van der Waals surface area contributed by atoms with Crippen LogP contribution in [-0.2, 0) is 4.79 Å². The molecule has 8 nitrogen and oxygen atoms in total. The van der Waals surface area contributed by atoms with E-state index >= 15 is 0 Å². The number of H-pyrrole nitrogens is 1. The molecule has 3 rings (SSSR count). The summed E-state index contributed by atoms with van der Waals surface area (Å²) in [4.78, 5) is 33.3. The predicted octanol–water partition coefficient (Wildman–Crippen LogP) is 4.40. The van der Waals surface area contributed by atoms with Crippen molar-refractivity contribution in [3.05, 3.63) is 34.7 Å². The number of carbonyl (C=O) groups excluding carboxylic acids is 1. The molecule has 0 radical (unpaired) electrons. The summed E-state index contributed by atoms with van der Waals surface area (Å²) in [6, 6.07) is 3.61. The van der Waals surface area contributed by atoms with E-state index < -0.39 is 18.7 Å². The first kappa shape index (κ1) is 23.0. The fraction of sp³-hybridized carbons (Fsp3) is 0.450. The number of imidazole rings is 1. The van der Waals surface area contributed by atoms with Gasteiger partial charge in [0.25, 0.3) is 0 Å². The highest BCUT2D eigenvalue weighted by Crippen LogP contribution is 2.35. The maximum Gasteiger partial charge on any atom is 0.405 e. The minimum atomic E-state index is -2.95. The normalized spacial score (nSPS) is 17.3. The third-order valence-electron chi connectivity index (χ3n) is 5.12. The molecule has 1 fully saturated rings. The van der Waals surface area contributed by atoms with Gasteiger partial charge in [-0.05, 0) is 46.8 Å². The molecule has 2 amide bonds. The van der Waals surface area contributed by atoms with Gasteiger partial charge >= 0.3 is 12.7 Å². The lowest BCUT2D eigenvalue weighted by Crippen LogP contribution is -2.50. The van der Waals surface area contributed by atoms with Gasteiger partial charge < -0.3 is 25.0 Å². The molecule has 11 heteroatoms. The second-order valence-electron chi connectivity index (χ2n) is 7.57. The minimum Gasteiger partial charge on any atom is -0.465 e. The SMILES string of the molecule is CC(C)[C@H](NC(=O)O)C(=O)N1CCC[C@H]1c1ncc(-c2ccc(Br)c(OC(F)F)c2)[nH]1. The molecule has 0 bridgehead atoms. The summed E-state index contributed by atoms with van der Waals surface area (Å²) in [6.07, 6.45) is 1.76. The largest absolute Gasteiger partial charge is 0.465 e. The number of alkyl halides is 2. The van der Waals surface area contributed by atoms with Gasteiger partial charge in [-0.1, -0.05) is 19.9 Å². The molecule has 1 saturated heterocycles. The van der Waals surface area contributed by atoms with Gasteiger partial charge in [0.2, 0.25) is 5.91 Å². The van der Waals surface area contributed by atoms with Crippen molar-refractivity contribution in [1.82, 2.24) is 20.2 Å². The van der Waals surface area contributed by atoms with E-state index in [-0.39, 0.29) is 23.6 Å². The first-order valence-electron chi connectivity index (χ1n) is 9.77. The van der Waals surface area contributed by atoms with Crippen molar-refractivity contribution in [3.63, 3.8) is 0 Å². The standard InChI is InChI=1S/C20H23BrF2N4O4/c1-10(2)16(26-20(29)30)18(28)27-7-3-4-14(27)17-24-9-13(25-17)11-5-6-12(21)15(8-11)31-19(22)23/h5-6,8-10,14,16,19,26H,3-4,7H2,1-2H3,(H,24,25)(H,29,30)/t14-,16-/m0/s1. The van der Waals surface area contributed by atoms with Crippen LogP contribution < -0.4 is 10.1 Å². The Bertz CT molecular complexity index is 953. The molecule has 1 aliphatic rings. The predicted molar refractivity (Wildman–Crippen MR) is 112 cm³/mol. The van der Waals surface area contributed by atoms with Crippen LogP contribution in [0.5, 0.6) is 5.75 Å². The van der Waals surface area contributed by atoms with Crippen LogP contribution in [0.4, 0.5) is 13.6 Å². The number of halogens is 3. The molecular formula is C20H23BrF2N4O4. The van der Waals surface area contributed by atoms with Crippen LogP contribution in [0.15, 0.2) is 28.9 Å². The third kappa shape index (κ3) is 5.33. The number of aromatic amines is 1. The maximum atomic E-state index is 13.0. The molecule has 31 heavy (non-hydrogen) atoms. The molecule has 2 atom stereocenters. The zero-order chi connectivity index (χ0) is 22.7. The second kappa shape index (κ2) is 9.63. The number of ether oxygens (including phenoxy) is 1. The van der Waals surface area contributed by atoms with Crippen LogP contribution in [0.3, 0.4) is 0 Å². The van der Waals surface area contributed by atoms with Crippen molar-refractivity contribution in [1.29, 1.82) is 0 Å². The van der Waals surface area contributed by atoms with E-state index in [2.05, 4.69) is 36.0 Å². The van der Waals surface area contributed by atoms with E-state index in [1.54, 1.807) is 37.1 Å². The average molecular weight is 501 g/mol. The summed E-state index contributed by atoms with van der Waals surface area (Å²) in [6.45, 7) is 1.10. The van der Waals surface area contributed by atoms with Gasteiger partial charge in [0, 0.05) is 12.1 Å². The molecule has 1 aliphatic heterocycles. The topological polar surface area (TPSA) is 108 Å². The van der Waals surface area contributed by atoms with Gasteiger partial charge in [-0.3, -0.25) is 4.79 Å². The molecule has 2 aromatic rings. The molecule has 0 aliphatic carbocycles. The van der Waals surface area contributed by atoms with Crippen LogP contribution in [0, 0.1) is 5.92 Å². The number of nitrogens with zero attached hydrogens (tertiary/aromatic N) is 2. The summed E-state index contributed by atoms with van der Waals surface area (Å²) in [5.74, 6) is 0.0425. The van der Waals surface area contributed by atoms with Gasteiger partial charge in [-0.2, -0.15) is 8.78 Å². The third-order valence-corrected chi connectivity index (χ3v) is 5.77. The number of benzene rings is 1. The number of carbonyl (C=O) groups is 2. The van der Waals surface area contributed by atoms with E-state index in [0.29, 0.717) is 34.5 Å². The van der Waals surface area contributed by atoms with Gasteiger partial charge in [0.05, 0.1) is 22.4 Å². The van der Waals surface area contributed by atoms with E-state index in [1.165, 1.54) is 6.07 Å². The highest BCUT2D eigenvalue weighted by molar-refractivity contribution is 9.10. The van der Waals surface area contributed by atoms with Gasteiger partial charge in [0.1, 0.15) is 17.6 Å². The Morgan fingerprint density at radius 1 is 1.39 bits per heavy atom. The number of likely N-dealkylation sites (tertiary alicyclic amines) is 1. The second-order valence-corrected chi connectivity index (χ2v) is 8.42. The summed E-state index contributed by atoms with van der Waals surface area (Å²) in [5, 5.41) is 11.4. The van der Waals surface area contributed by atoms with Crippen LogP contribution in [-0.4, -0.2) is 51.2 Å². The molecule has 0 unspecified atom stereocenters. The van der Waals surface area contributed by atoms with E-state index in [0.717, 1.165) is 6.42 Å². The number of hydrogen-bond acceptors (Lipinski definition) is 4. The van der Waals surface area contributed by atoms with Crippen molar-refractivity contribution in [2.75, 3.05) is 6.54 Å². The Morgan fingerprint density at radius 3 is 2.77 bits per heavy atom. The number of hydrogen-bond donors (Lipinski definition) is 3. The summed E-state index contributed by atoms with van der Waals surface area (Å²) < 4.78 is 30.2. The highest BCUT2D eigenvalue weighted by Gasteiger charge is 2.37. The Hall–Kier alpha value is -2.69. The Balaban J connectivity index is 1.83. The first-order chi connectivity index (χ1) is 14.7. The van der Waals surface area contributed by atoms with Crippen LogP contribution in [0.2, 0.25) is 0 Å².